The Kier molecular flexibility index (Phi) is 3.53. The van der Waals surface area contributed by atoms with Crippen LogP contribution in [0.4, 0.5) is 5.82 Å². The highest BCUT2D eigenvalue weighted by Crippen LogP contribution is 2.22. The Hall–Kier alpha value is -1.95. The maximum Gasteiger partial charge on any atom is 0.145 e. The van der Waals surface area contributed by atoms with E-state index in [0.29, 0.717) is 5.82 Å². The molecule has 102 valence electrons. The first kappa shape index (κ1) is 13.5. The number of hydrogen-bond donors (Lipinski definition) is 2. The molecule has 6 nitrogen and oxygen atoms in total. The number of aryl methyl sites for hydroxylation is 1. The van der Waals surface area contributed by atoms with E-state index in [-0.39, 0.29) is 5.41 Å². The van der Waals surface area contributed by atoms with Gasteiger partial charge in [0.2, 0.25) is 0 Å². The summed E-state index contributed by atoms with van der Waals surface area (Å²) < 4.78 is 1.96. The Balaban J connectivity index is 2.57. The lowest BCUT2D eigenvalue weighted by Crippen LogP contribution is -2.20. The third-order valence-corrected chi connectivity index (χ3v) is 2.81. The van der Waals surface area contributed by atoms with Gasteiger partial charge in [0.25, 0.3) is 0 Å². The highest BCUT2D eigenvalue weighted by Gasteiger charge is 2.20. The van der Waals surface area contributed by atoms with Crippen LogP contribution in [0.2, 0.25) is 0 Å². The summed E-state index contributed by atoms with van der Waals surface area (Å²) in [6.45, 7) is 8.27. The van der Waals surface area contributed by atoms with Gasteiger partial charge >= 0.3 is 0 Å². The molecule has 0 saturated heterocycles. The van der Waals surface area contributed by atoms with Crippen molar-refractivity contribution in [2.45, 2.75) is 39.5 Å². The molecule has 0 radical (unpaired) electrons. The summed E-state index contributed by atoms with van der Waals surface area (Å²) >= 11 is 0. The van der Waals surface area contributed by atoms with Gasteiger partial charge in [-0.25, -0.2) is 20.8 Å². The smallest absolute Gasteiger partial charge is 0.145 e. The average Bonchev–Trinajstić information content (AvgIpc) is 2.85. The lowest BCUT2D eigenvalue weighted by molar-refractivity contribution is 0.543. The van der Waals surface area contributed by atoms with Crippen molar-refractivity contribution < 1.29 is 0 Å². The molecule has 0 saturated carbocycles. The van der Waals surface area contributed by atoms with E-state index in [9.17, 15) is 0 Å². The summed E-state index contributed by atoms with van der Waals surface area (Å²) in [5.41, 5.74) is 2.45. The zero-order valence-electron chi connectivity index (χ0n) is 11.8. The van der Waals surface area contributed by atoms with Gasteiger partial charge < -0.3 is 5.43 Å². The van der Waals surface area contributed by atoms with E-state index in [1.807, 2.05) is 16.8 Å². The second kappa shape index (κ2) is 4.97. The van der Waals surface area contributed by atoms with E-state index in [2.05, 4.69) is 48.1 Å². The molecule has 0 unspecified atom stereocenters. The highest BCUT2D eigenvalue weighted by atomic mass is 15.3. The molecule has 2 aromatic heterocycles. The van der Waals surface area contributed by atoms with Gasteiger partial charge in [0, 0.05) is 30.3 Å². The number of imidazole rings is 1. The number of nitrogens with one attached hydrogen (secondary N) is 1. The summed E-state index contributed by atoms with van der Waals surface area (Å²) in [5.74, 6) is 8.58. The normalized spacial score (nSPS) is 11.6. The van der Waals surface area contributed by atoms with Crippen LogP contribution in [0.25, 0.3) is 5.82 Å². The molecular weight excluding hydrogens is 240 g/mol. The fraction of sp³-hybridized carbons (Fsp3) is 0.462. The number of hydrogen-bond acceptors (Lipinski definition) is 5. The van der Waals surface area contributed by atoms with Gasteiger partial charge in [0.05, 0.1) is 0 Å². The first-order chi connectivity index (χ1) is 8.95. The van der Waals surface area contributed by atoms with Gasteiger partial charge in [-0.05, 0) is 0 Å². The first-order valence-electron chi connectivity index (χ1n) is 6.34. The Morgan fingerprint density at radius 1 is 1.32 bits per heavy atom. The minimum absolute atomic E-state index is 0.144. The Morgan fingerprint density at radius 3 is 2.63 bits per heavy atom. The standard InChI is InChI=1S/C13H20N6/c1-5-10-15-6-7-19(10)11-8-9(18-14)16-12(17-11)13(2,3)4/h6-8H,5,14H2,1-4H3,(H,16,17,18). The van der Waals surface area contributed by atoms with E-state index < -0.39 is 0 Å². The third kappa shape index (κ3) is 2.73. The van der Waals surface area contributed by atoms with Gasteiger partial charge in [-0.15, -0.1) is 0 Å². The van der Waals surface area contributed by atoms with Gasteiger partial charge in [0.15, 0.2) is 0 Å². The highest BCUT2D eigenvalue weighted by molar-refractivity contribution is 5.42. The van der Waals surface area contributed by atoms with Crippen LogP contribution >= 0.6 is 0 Å². The van der Waals surface area contributed by atoms with Crippen molar-refractivity contribution in [3.63, 3.8) is 0 Å². The summed E-state index contributed by atoms with van der Waals surface area (Å²) in [6.07, 6.45) is 4.51. The quantitative estimate of drug-likeness (QED) is 0.649. The number of nitrogen functional groups attached to an aromatic ring is 1. The lowest BCUT2D eigenvalue weighted by Gasteiger charge is -2.19. The molecule has 0 spiro atoms. The zero-order valence-corrected chi connectivity index (χ0v) is 11.8. The molecule has 6 heteroatoms. The maximum absolute atomic E-state index is 5.49. The molecule has 0 bridgehead atoms. The summed E-state index contributed by atoms with van der Waals surface area (Å²) in [6, 6.07) is 1.82. The maximum atomic E-state index is 5.49. The van der Waals surface area contributed by atoms with Crippen molar-refractivity contribution in [3.05, 3.63) is 30.1 Å². The van der Waals surface area contributed by atoms with Crippen molar-refractivity contribution in [1.82, 2.24) is 19.5 Å². The first-order valence-corrected chi connectivity index (χ1v) is 6.34. The minimum Gasteiger partial charge on any atom is -0.308 e. The minimum atomic E-state index is -0.144. The number of rotatable bonds is 3. The Labute approximate surface area is 113 Å². The molecule has 3 N–H and O–H groups in total. The van der Waals surface area contributed by atoms with Crippen molar-refractivity contribution >= 4 is 5.82 Å². The fourth-order valence-corrected chi connectivity index (χ4v) is 1.77. The second-order valence-corrected chi connectivity index (χ2v) is 5.40. The van der Waals surface area contributed by atoms with E-state index in [4.69, 9.17) is 5.84 Å². The molecule has 0 aliphatic carbocycles. The fourth-order valence-electron chi connectivity index (χ4n) is 1.77. The van der Waals surface area contributed by atoms with Gasteiger partial charge in [-0.3, -0.25) is 4.57 Å². The number of nitrogens with zero attached hydrogens (tertiary/aromatic N) is 4. The van der Waals surface area contributed by atoms with Crippen molar-refractivity contribution in [2.75, 3.05) is 5.43 Å². The summed E-state index contributed by atoms with van der Waals surface area (Å²) in [7, 11) is 0. The molecular formula is C13H20N6. The average molecular weight is 260 g/mol. The Morgan fingerprint density at radius 2 is 2.05 bits per heavy atom. The molecule has 2 heterocycles. The molecule has 0 amide bonds. The van der Waals surface area contributed by atoms with Crippen LogP contribution in [0.15, 0.2) is 18.5 Å². The van der Waals surface area contributed by atoms with Gasteiger partial charge in [-0.1, -0.05) is 27.7 Å². The molecule has 0 atom stereocenters. The van der Waals surface area contributed by atoms with E-state index >= 15 is 0 Å². The van der Waals surface area contributed by atoms with Crippen LogP contribution in [0.1, 0.15) is 39.3 Å². The third-order valence-electron chi connectivity index (χ3n) is 2.81. The van der Waals surface area contributed by atoms with Gasteiger partial charge in [0.1, 0.15) is 23.3 Å². The topological polar surface area (TPSA) is 81.7 Å². The predicted molar refractivity (Wildman–Crippen MR) is 75.0 cm³/mol. The SMILES string of the molecule is CCc1nccn1-c1cc(NN)nc(C(C)(C)C)n1. The molecule has 2 rings (SSSR count). The number of nitrogens with two attached hydrogens (primary N) is 1. The molecule has 2 aromatic rings. The van der Waals surface area contributed by atoms with Crippen LogP contribution in [-0.2, 0) is 11.8 Å². The monoisotopic (exact) mass is 260 g/mol. The summed E-state index contributed by atoms with van der Waals surface area (Å²) in [4.78, 5) is 13.3. The van der Waals surface area contributed by atoms with E-state index in [1.165, 1.54) is 0 Å². The van der Waals surface area contributed by atoms with E-state index in [1.54, 1.807) is 6.20 Å². The van der Waals surface area contributed by atoms with Crippen molar-refractivity contribution in [3.8, 4) is 5.82 Å². The number of aromatic nitrogens is 4. The van der Waals surface area contributed by atoms with Crippen LogP contribution in [0, 0.1) is 0 Å². The predicted octanol–water partition coefficient (Wildman–Crippen LogP) is 1.81. The molecule has 19 heavy (non-hydrogen) atoms. The Bertz CT molecular complexity index is 567. The summed E-state index contributed by atoms with van der Waals surface area (Å²) in [5, 5.41) is 0. The van der Waals surface area contributed by atoms with Crippen molar-refractivity contribution in [2.24, 2.45) is 5.84 Å². The zero-order chi connectivity index (χ0) is 14.0. The largest absolute Gasteiger partial charge is 0.308 e. The molecule has 0 aliphatic heterocycles. The van der Waals surface area contributed by atoms with Gasteiger partial charge in [-0.2, -0.15) is 0 Å². The van der Waals surface area contributed by atoms with Crippen molar-refractivity contribution in [1.29, 1.82) is 0 Å². The van der Waals surface area contributed by atoms with Crippen LogP contribution in [-0.4, -0.2) is 19.5 Å². The molecule has 0 aliphatic rings. The van der Waals surface area contributed by atoms with Crippen LogP contribution < -0.4 is 11.3 Å². The van der Waals surface area contributed by atoms with Crippen LogP contribution in [0.5, 0.6) is 0 Å². The lowest BCUT2D eigenvalue weighted by atomic mass is 9.96. The molecule has 0 aromatic carbocycles. The number of anilines is 1. The van der Waals surface area contributed by atoms with E-state index in [0.717, 1.165) is 23.9 Å². The number of hydrazine groups is 1. The molecule has 0 fully saturated rings. The second-order valence-electron chi connectivity index (χ2n) is 5.40. The van der Waals surface area contributed by atoms with Crippen LogP contribution in [0.3, 0.4) is 0 Å².